The maximum Gasteiger partial charge on any atom is 0.0314 e. The molecule has 2 aromatic rings. The van der Waals surface area contributed by atoms with Crippen LogP contribution in [-0.4, -0.2) is 6.04 Å². The number of hydrogen-bond donors (Lipinski definition) is 2. The molecule has 0 bridgehead atoms. The largest absolute Gasteiger partial charge is 0.399 e. The summed E-state index contributed by atoms with van der Waals surface area (Å²) in [6, 6.07) is 19.4. The van der Waals surface area contributed by atoms with E-state index < -0.39 is 0 Å². The van der Waals surface area contributed by atoms with Crippen LogP contribution in [0.5, 0.6) is 0 Å². The van der Waals surface area contributed by atoms with Gasteiger partial charge in [-0.25, -0.2) is 0 Å². The Morgan fingerprint density at radius 1 is 0.947 bits per heavy atom. The highest BCUT2D eigenvalue weighted by atomic mass is 14.9. The Labute approximate surface area is 115 Å². The lowest BCUT2D eigenvalue weighted by Gasteiger charge is -2.20. The predicted molar refractivity (Wildman–Crippen MR) is 82.0 cm³/mol. The maximum absolute atomic E-state index is 5.70. The number of nitrogens with two attached hydrogens (primary N) is 1. The van der Waals surface area contributed by atoms with Gasteiger partial charge in [0.1, 0.15) is 0 Å². The topological polar surface area (TPSA) is 38.0 Å². The fourth-order valence-corrected chi connectivity index (χ4v) is 2.33. The average molecular weight is 254 g/mol. The monoisotopic (exact) mass is 254 g/mol. The van der Waals surface area contributed by atoms with Crippen LogP contribution in [0.1, 0.15) is 31.0 Å². The highest BCUT2D eigenvalue weighted by Crippen LogP contribution is 2.14. The van der Waals surface area contributed by atoms with Crippen LogP contribution in [0, 0.1) is 0 Å². The zero-order chi connectivity index (χ0) is 13.7. The van der Waals surface area contributed by atoms with E-state index in [1.807, 2.05) is 18.2 Å². The minimum atomic E-state index is 0.366. The number of benzene rings is 2. The van der Waals surface area contributed by atoms with Gasteiger partial charge in [0, 0.05) is 17.8 Å². The molecule has 0 saturated carbocycles. The molecule has 0 radical (unpaired) electrons. The maximum atomic E-state index is 5.70. The fraction of sp³-hybridized carbons (Fsp3) is 0.294. The minimum Gasteiger partial charge on any atom is -0.399 e. The first-order valence-electron chi connectivity index (χ1n) is 6.80. The average Bonchev–Trinajstić information content (AvgIpc) is 2.42. The third-order valence-corrected chi connectivity index (χ3v) is 3.36. The van der Waals surface area contributed by atoms with Gasteiger partial charge in [-0.3, -0.25) is 0 Å². The van der Waals surface area contributed by atoms with Gasteiger partial charge in [0.15, 0.2) is 0 Å². The molecular formula is C17H22N2. The van der Waals surface area contributed by atoms with Gasteiger partial charge >= 0.3 is 0 Å². The lowest BCUT2D eigenvalue weighted by atomic mass is 10.0. The summed E-state index contributed by atoms with van der Waals surface area (Å²) in [5, 5.41) is 3.63. The second kappa shape index (κ2) is 6.39. The van der Waals surface area contributed by atoms with E-state index in [9.17, 15) is 0 Å². The van der Waals surface area contributed by atoms with Crippen LogP contribution < -0.4 is 11.1 Å². The molecular weight excluding hydrogens is 232 g/mol. The molecule has 100 valence electrons. The van der Waals surface area contributed by atoms with Crippen molar-refractivity contribution in [2.75, 3.05) is 5.73 Å². The van der Waals surface area contributed by atoms with E-state index in [0.29, 0.717) is 12.1 Å². The van der Waals surface area contributed by atoms with Gasteiger partial charge in [-0.2, -0.15) is 0 Å². The Morgan fingerprint density at radius 2 is 1.58 bits per heavy atom. The van der Waals surface area contributed by atoms with Crippen LogP contribution in [0.25, 0.3) is 0 Å². The third kappa shape index (κ3) is 4.11. The quantitative estimate of drug-likeness (QED) is 0.801. The molecule has 0 aliphatic heterocycles. The van der Waals surface area contributed by atoms with E-state index in [1.165, 1.54) is 11.1 Å². The standard InChI is InChI=1S/C17H22N2/c1-13(12-15-8-10-17(18)11-9-15)19-14(2)16-6-4-3-5-7-16/h3-11,13-14,19H,12,18H2,1-2H3/t13-,14-/m0/s1. The lowest BCUT2D eigenvalue weighted by Crippen LogP contribution is -2.30. The van der Waals surface area contributed by atoms with Crippen molar-refractivity contribution in [3.8, 4) is 0 Å². The molecule has 0 aliphatic rings. The zero-order valence-electron chi connectivity index (χ0n) is 11.6. The number of hydrogen-bond acceptors (Lipinski definition) is 2. The van der Waals surface area contributed by atoms with E-state index in [0.717, 1.165) is 12.1 Å². The summed E-state index contributed by atoms with van der Waals surface area (Å²) >= 11 is 0. The second-order valence-corrected chi connectivity index (χ2v) is 5.15. The van der Waals surface area contributed by atoms with E-state index in [2.05, 4.69) is 55.6 Å². The molecule has 0 saturated heterocycles. The van der Waals surface area contributed by atoms with E-state index in [4.69, 9.17) is 5.73 Å². The van der Waals surface area contributed by atoms with Crippen molar-refractivity contribution in [1.29, 1.82) is 0 Å². The van der Waals surface area contributed by atoms with Crippen molar-refractivity contribution in [2.24, 2.45) is 0 Å². The molecule has 0 amide bonds. The first-order valence-corrected chi connectivity index (χ1v) is 6.80. The van der Waals surface area contributed by atoms with Crippen molar-refractivity contribution in [3.05, 3.63) is 65.7 Å². The van der Waals surface area contributed by atoms with Crippen LogP contribution in [0.3, 0.4) is 0 Å². The van der Waals surface area contributed by atoms with Gasteiger partial charge in [-0.05, 0) is 43.5 Å². The molecule has 2 aromatic carbocycles. The summed E-state index contributed by atoms with van der Waals surface area (Å²) in [6.07, 6.45) is 1.01. The van der Waals surface area contributed by atoms with Gasteiger partial charge in [0.05, 0.1) is 0 Å². The summed E-state index contributed by atoms with van der Waals surface area (Å²) in [7, 11) is 0. The van der Waals surface area contributed by atoms with E-state index in [-0.39, 0.29) is 0 Å². The normalized spacial score (nSPS) is 14.0. The lowest BCUT2D eigenvalue weighted by molar-refractivity contribution is 0.477. The molecule has 0 aliphatic carbocycles. The van der Waals surface area contributed by atoms with E-state index >= 15 is 0 Å². The first-order chi connectivity index (χ1) is 9.15. The predicted octanol–water partition coefficient (Wildman–Crippen LogP) is 3.55. The number of nitrogen functional groups attached to an aromatic ring is 1. The molecule has 0 heterocycles. The van der Waals surface area contributed by atoms with Gasteiger partial charge in [-0.1, -0.05) is 42.5 Å². The molecule has 0 fully saturated rings. The van der Waals surface area contributed by atoms with E-state index in [1.54, 1.807) is 0 Å². The highest BCUT2D eigenvalue weighted by molar-refractivity contribution is 5.39. The van der Waals surface area contributed by atoms with Gasteiger partial charge in [-0.15, -0.1) is 0 Å². The summed E-state index contributed by atoms with van der Waals surface area (Å²) in [5.74, 6) is 0. The summed E-state index contributed by atoms with van der Waals surface area (Å²) in [4.78, 5) is 0. The molecule has 0 spiro atoms. The molecule has 2 atom stereocenters. The molecule has 3 N–H and O–H groups in total. The SMILES string of the molecule is C[C@H](N[C@@H](C)Cc1ccc(N)cc1)c1ccccc1. The van der Waals surface area contributed by atoms with Crippen molar-refractivity contribution in [3.63, 3.8) is 0 Å². The molecule has 2 heteroatoms. The van der Waals surface area contributed by atoms with Crippen molar-refractivity contribution in [1.82, 2.24) is 5.32 Å². The number of nitrogens with one attached hydrogen (secondary N) is 1. The Kier molecular flexibility index (Phi) is 4.58. The smallest absolute Gasteiger partial charge is 0.0314 e. The minimum absolute atomic E-state index is 0.366. The fourth-order valence-electron chi connectivity index (χ4n) is 2.33. The Hall–Kier alpha value is -1.80. The van der Waals surface area contributed by atoms with Crippen LogP contribution >= 0.6 is 0 Å². The van der Waals surface area contributed by atoms with Crippen molar-refractivity contribution < 1.29 is 0 Å². The molecule has 0 aromatic heterocycles. The van der Waals surface area contributed by atoms with Crippen LogP contribution in [0.2, 0.25) is 0 Å². The Morgan fingerprint density at radius 3 is 2.21 bits per heavy atom. The summed E-state index contributed by atoms with van der Waals surface area (Å²) in [6.45, 7) is 4.42. The second-order valence-electron chi connectivity index (χ2n) is 5.15. The number of anilines is 1. The van der Waals surface area contributed by atoms with Crippen molar-refractivity contribution in [2.45, 2.75) is 32.4 Å². The Bertz CT molecular complexity index is 490. The molecule has 2 nitrogen and oxygen atoms in total. The zero-order valence-corrected chi connectivity index (χ0v) is 11.6. The number of rotatable bonds is 5. The summed E-state index contributed by atoms with van der Waals surface area (Å²) in [5.41, 5.74) is 9.16. The van der Waals surface area contributed by atoms with Crippen LogP contribution in [0.4, 0.5) is 5.69 Å². The highest BCUT2D eigenvalue weighted by Gasteiger charge is 2.09. The van der Waals surface area contributed by atoms with Gasteiger partial charge in [0.2, 0.25) is 0 Å². The first kappa shape index (κ1) is 13.6. The van der Waals surface area contributed by atoms with Crippen molar-refractivity contribution >= 4 is 5.69 Å². The molecule has 0 unspecified atom stereocenters. The van der Waals surface area contributed by atoms with Crippen LogP contribution in [-0.2, 0) is 6.42 Å². The van der Waals surface area contributed by atoms with Crippen LogP contribution in [0.15, 0.2) is 54.6 Å². The summed E-state index contributed by atoms with van der Waals surface area (Å²) < 4.78 is 0. The third-order valence-electron chi connectivity index (χ3n) is 3.36. The Balaban J connectivity index is 1.90. The molecule has 19 heavy (non-hydrogen) atoms. The van der Waals surface area contributed by atoms with Gasteiger partial charge in [0.25, 0.3) is 0 Å². The molecule has 2 rings (SSSR count). The van der Waals surface area contributed by atoms with Gasteiger partial charge < -0.3 is 11.1 Å².